The van der Waals surface area contributed by atoms with E-state index in [-0.39, 0.29) is 91.2 Å². The molecule has 18 aliphatic rings. The number of ether oxygens (including phenoxy) is 7. The summed E-state index contributed by atoms with van der Waals surface area (Å²) in [7, 11) is 0. The van der Waals surface area contributed by atoms with Crippen LogP contribution in [0.5, 0.6) is 0 Å². The van der Waals surface area contributed by atoms with Crippen LogP contribution in [0.4, 0.5) is 0 Å². The molecule has 0 aromatic carbocycles. The molecule has 18 fully saturated rings. The zero-order valence-electron chi connectivity index (χ0n) is 96.5. The molecule has 1 unspecified atom stereocenters. The molecule has 0 aromatic heterocycles. The number of cyclic esters (lactones) is 2. The van der Waals surface area contributed by atoms with Crippen molar-refractivity contribution in [3.8, 4) is 0 Å². The van der Waals surface area contributed by atoms with Gasteiger partial charge in [0.1, 0.15) is 22.4 Å². The van der Waals surface area contributed by atoms with Crippen LogP contribution in [0.3, 0.4) is 0 Å². The van der Waals surface area contributed by atoms with E-state index in [1.54, 1.807) is 102 Å². The molecule has 16 aliphatic carbocycles. The molecule has 32 heteroatoms. The van der Waals surface area contributed by atoms with Gasteiger partial charge in [0.15, 0.2) is 0 Å². The normalized spacial score (nSPS) is 29.6. The van der Waals surface area contributed by atoms with Crippen molar-refractivity contribution in [2.24, 2.45) is 170 Å². The molecule has 0 spiro atoms. The summed E-state index contributed by atoms with van der Waals surface area (Å²) < 4.78 is 38.8. The van der Waals surface area contributed by atoms with E-state index in [0.717, 1.165) is 96.9 Å². The lowest BCUT2D eigenvalue weighted by Crippen LogP contribution is -2.60. The van der Waals surface area contributed by atoms with Gasteiger partial charge in [0.2, 0.25) is 0 Å². The molecular weight excluding hydrogens is 1920 g/mol. The minimum absolute atomic E-state index is 0. The Hall–Kier alpha value is -8.84. The van der Waals surface area contributed by atoms with Crippen LogP contribution in [-0.2, 0) is 110 Å². The molecule has 2 saturated heterocycles. The van der Waals surface area contributed by atoms with Crippen molar-refractivity contribution < 1.29 is 162 Å². The lowest BCUT2D eigenvalue weighted by Gasteiger charge is -2.59. The lowest BCUT2D eigenvalue weighted by atomic mass is 9.50. The molecular formula is C117H202O32+4. The first kappa shape index (κ1) is 138. The Morgan fingerprint density at radius 1 is 0.275 bits per heavy atom. The summed E-state index contributed by atoms with van der Waals surface area (Å²) in [6, 6.07) is 0. The van der Waals surface area contributed by atoms with E-state index < -0.39 is 164 Å². The molecule has 149 heavy (non-hydrogen) atoms. The van der Waals surface area contributed by atoms with Crippen molar-refractivity contribution in [1.82, 2.24) is 0 Å². The quantitative estimate of drug-likeness (QED) is 0.0182. The maximum Gasteiger partial charge on any atom is 1.00 e. The van der Waals surface area contributed by atoms with Crippen molar-refractivity contribution in [3.63, 3.8) is 0 Å². The molecule has 1 atom stereocenters. The SMILES string of the molecule is C.C.C.C.C.C=C1C2CC3CC(C2)CC1C3.C=C1CCOC(=O)C1.CC(C)(C(=O)O)C(C)(C)C(=O)O.CC(C)(C(=O)O)C(C)(C)C(=O)O.CC(C)(C(=O)O)C(C)(C)C(=O)OC(=O)C(C)(C)C(C)(C)C(=O)O.CC1(OC(=O)C(C)(C)C(C)(C)C(=O)O)C2CC3CC(C2)CC1C3.CC1(OC(=O)C(C)(C)C(C)(C)C(=O)O)C2CC3CC(C2)CC1C3.CC1(OC(=O)C(C)(C)C(C)(C)C(=O)OC2(C)C3CC4CC(C3)CC2C4)CCOC(=O)C1.O.[H+].[H+].[H+].[H+]. The van der Waals surface area contributed by atoms with Gasteiger partial charge >= 0.3 is 101 Å². The minimum Gasteiger partial charge on any atom is -0.481 e. The number of carbonyl (C=O) groups excluding carboxylic acids is 8. The van der Waals surface area contributed by atoms with Crippen LogP contribution in [0, 0.1) is 170 Å². The van der Waals surface area contributed by atoms with Crippen LogP contribution in [0.1, 0.15) is 418 Å². The second kappa shape index (κ2) is 48.4. The third-order valence-electron chi connectivity index (χ3n) is 40.7. The summed E-state index contributed by atoms with van der Waals surface area (Å²) >= 11 is 0. The molecule has 0 amide bonds. The molecule has 858 valence electrons. The van der Waals surface area contributed by atoms with Crippen molar-refractivity contribution in [3.05, 3.63) is 24.3 Å². The molecule has 16 saturated carbocycles. The molecule has 0 aromatic rings. The molecule has 2 aliphatic heterocycles. The van der Waals surface area contributed by atoms with E-state index in [2.05, 4.69) is 38.7 Å². The first-order valence-corrected chi connectivity index (χ1v) is 51.8. The van der Waals surface area contributed by atoms with Gasteiger partial charge in [-0.15, -0.1) is 0 Å². The summed E-state index contributed by atoms with van der Waals surface area (Å²) in [4.78, 5) is 188. The van der Waals surface area contributed by atoms with Crippen LogP contribution in [0.2, 0.25) is 0 Å². The van der Waals surface area contributed by atoms with Gasteiger partial charge in [-0.25, -0.2) is 0 Å². The Kier molecular flexibility index (Phi) is 44.9. The molecule has 32 nitrogen and oxygen atoms in total. The minimum atomic E-state index is -1.49. The van der Waals surface area contributed by atoms with Gasteiger partial charge in [-0.3, -0.25) is 76.7 Å². The standard InChI is InChI=1S/C25H38O6.2C19H30O4.C16H26O7.C11H16.2C8H14O4.C6H8O2.5CH4.H2O/c1-22(2,20(27)30-24(5)7-8-29-19(26)14-24)23(3,4)21(28)31-25(6)17-10-15-9-16(12-17)13-18(25)11-15;2*1-17(2,15(20)21)18(3,4)16(22)23-19(5)13-7-11-6-12(9-13)10-14(19)8-11;1-13(2,9(17)18)15(5,6)11(21)23-12(22)16(7,8)14(3,4)10(19)20;1-7-10-3-8-2-9(5-10)6-11(7)4-8;2*1-7(2,5(9)10)8(3,4)6(11)12;1-5-2-3-8-6(7)4-5;;;;;;/h15-18H,7-14H2,1-6H3;2*11-14H,6-10H2,1-5H3,(H,20,21);1-8H3,(H,17,18)(H,19,20);8-11H,1-6H2;2*1-4H3,(H,9,10)(H,11,12);1-4H2;5*1H4;1H2/p+4. The van der Waals surface area contributed by atoms with Gasteiger partial charge in [0.05, 0.1) is 102 Å². The van der Waals surface area contributed by atoms with E-state index in [0.29, 0.717) is 55.0 Å². The van der Waals surface area contributed by atoms with E-state index in [9.17, 15) is 97.1 Å². The maximum atomic E-state index is 13.5. The zero-order valence-corrected chi connectivity index (χ0v) is 92.5. The Labute approximate surface area is 896 Å². The van der Waals surface area contributed by atoms with Crippen LogP contribution in [-0.4, -0.2) is 177 Å². The predicted molar refractivity (Wildman–Crippen MR) is 572 cm³/mol. The van der Waals surface area contributed by atoms with Crippen LogP contribution < -0.4 is 0 Å². The smallest absolute Gasteiger partial charge is 0.481 e. The van der Waals surface area contributed by atoms with Gasteiger partial charge in [0.25, 0.3) is 0 Å². The Morgan fingerprint density at radius 2 is 0.456 bits per heavy atom. The van der Waals surface area contributed by atoms with Gasteiger partial charge in [-0.05, 0) is 445 Å². The monoisotopic (exact) mass is 2120 g/mol. The number of carboxylic acid groups (broad SMARTS) is 8. The maximum absolute atomic E-state index is 13.5. The fraction of sp³-hybridized carbons (Fsp3) is 0.829. The summed E-state index contributed by atoms with van der Waals surface area (Å²) in [6.45, 7) is 59.1. The van der Waals surface area contributed by atoms with E-state index >= 15 is 0 Å². The molecule has 2 heterocycles. The van der Waals surface area contributed by atoms with E-state index in [1.807, 2.05) is 0 Å². The average Bonchev–Trinajstić information content (AvgIpc) is 0.727. The number of hydrogen-bond acceptors (Lipinski definition) is 23. The number of carbonyl (C=O) groups is 16. The van der Waals surface area contributed by atoms with Gasteiger partial charge in [-0.1, -0.05) is 61.4 Å². The number of esters is 8. The van der Waals surface area contributed by atoms with Crippen molar-refractivity contribution in [1.29, 1.82) is 0 Å². The molecule has 16 bridgehead atoms. The van der Waals surface area contributed by atoms with Gasteiger partial charge in [0, 0.05) is 12.8 Å². The second-order valence-electron chi connectivity index (χ2n) is 53.3. The molecule has 18 rings (SSSR count). The summed E-state index contributed by atoms with van der Waals surface area (Å²) in [5.41, 5.74) is -17.2. The highest BCUT2D eigenvalue weighted by atomic mass is 16.6. The van der Waals surface area contributed by atoms with Crippen molar-refractivity contribution in [2.45, 2.75) is 435 Å². The predicted octanol–water partition coefficient (Wildman–Crippen LogP) is 23.6. The summed E-state index contributed by atoms with van der Waals surface area (Å²) in [5, 5.41) is 72.5. The largest absolute Gasteiger partial charge is 1.00 e. The molecule has 0 radical (unpaired) electrons. The van der Waals surface area contributed by atoms with Crippen molar-refractivity contribution >= 4 is 95.5 Å². The highest BCUT2D eigenvalue weighted by Gasteiger charge is 2.66. The summed E-state index contributed by atoms with van der Waals surface area (Å²) in [6.07, 6.45) is 27.2. The third-order valence-corrected chi connectivity index (χ3v) is 40.7. The van der Waals surface area contributed by atoms with E-state index in [1.165, 1.54) is 207 Å². The van der Waals surface area contributed by atoms with E-state index in [4.69, 9.17) is 48.8 Å². The van der Waals surface area contributed by atoms with Crippen LogP contribution >= 0.6 is 0 Å². The number of allylic oxidation sites excluding steroid dienone is 1. The Balaban J connectivity index is -0.000000846. The first-order chi connectivity index (χ1) is 64.6. The Morgan fingerprint density at radius 3 is 0.644 bits per heavy atom. The Bertz CT molecular complexity index is 4510. The lowest BCUT2D eigenvalue weighted by molar-refractivity contribution is -0.220. The van der Waals surface area contributed by atoms with Gasteiger partial charge in [-0.2, -0.15) is 0 Å². The fourth-order valence-corrected chi connectivity index (χ4v) is 23.6. The third kappa shape index (κ3) is 27.6. The summed E-state index contributed by atoms with van der Waals surface area (Å²) in [5.74, 6) is -1.25. The molecule has 10 N–H and O–H groups in total. The van der Waals surface area contributed by atoms with Crippen LogP contribution in [0.25, 0.3) is 0 Å². The second-order valence-corrected chi connectivity index (χ2v) is 53.3. The number of aliphatic carboxylic acids is 8. The van der Waals surface area contributed by atoms with Crippen molar-refractivity contribution in [2.75, 3.05) is 13.2 Å². The van der Waals surface area contributed by atoms with Gasteiger partial charge < -0.3 is 79.5 Å². The zero-order chi connectivity index (χ0) is 110. The van der Waals surface area contributed by atoms with Crippen LogP contribution in [0.15, 0.2) is 24.3 Å². The first-order valence-electron chi connectivity index (χ1n) is 51.8. The number of hydrogen-bond donors (Lipinski definition) is 8. The number of carboxylic acids is 8. The highest BCUT2D eigenvalue weighted by Crippen LogP contribution is 2.65. The highest BCUT2D eigenvalue weighted by molar-refractivity contribution is 5.97. The fourth-order valence-electron chi connectivity index (χ4n) is 23.6. The number of rotatable bonds is 25. The topological polar surface area (TPSA) is 531 Å². The average molecular weight is 2120 g/mol.